The zero-order chi connectivity index (χ0) is 14.7. The van der Waals surface area contributed by atoms with Crippen LogP contribution in [-0.4, -0.2) is 10.8 Å². The molecule has 0 fully saturated rings. The van der Waals surface area contributed by atoms with Crippen molar-refractivity contribution in [3.8, 4) is 6.07 Å². The number of nitrogens with zero attached hydrogens (tertiary/aromatic N) is 2. The van der Waals surface area contributed by atoms with Gasteiger partial charge in [0, 0.05) is 11.8 Å². The van der Waals surface area contributed by atoms with Gasteiger partial charge in [0.1, 0.15) is 22.3 Å². The maximum absolute atomic E-state index is 12.3. The van der Waals surface area contributed by atoms with E-state index in [1.165, 1.54) is 11.3 Å². The number of hydrogen-bond donors (Lipinski definition) is 2. The standard InChI is InChI=1S/C14H14N4OS/c1-14(2)3-6-9-10(16)7(5-15)12(17)18-13(9)20-11(6)8(19)4-14/h3-4H2,1-2H3,(H4,16,17,18). The number of ketones is 1. The van der Waals surface area contributed by atoms with Crippen molar-refractivity contribution >= 4 is 38.8 Å². The Labute approximate surface area is 120 Å². The van der Waals surface area contributed by atoms with Gasteiger partial charge < -0.3 is 11.5 Å². The summed E-state index contributed by atoms with van der Waals surface area (Å²) in [6.07, 6.45) is 1.28. The number of carbonyl (C=O) groups excluding carboxylic acids is 1. The van der Waals surface area contributed by atoms with E-state index in [9.17, 15) is 4.79 Å². The van der Waals surface area contributed by atoms with E-state index >= 15 is 0 Å². The SMILES string of the molecule is CC1(C)CC(=O)c2sc3nc(N)c(C#N)c(N)c3c2C1. The summed E-state index contributed by atoms with van der Waals surface area (Å²) < 4.78 is 0. The quantitative estimate of drug-likeness (QED) is 0.774. The smallest absolute Gasteiger partial charge is 0.173 e. The maximum atomic E-state index is 12.3. The molecule has 0 saturated carbocycles. The summed E-state index contributed by atoms with van der Waals surface area (Å²) in [7, 11) is 0. The summed E-state index contributed by atoms with van der Waals surface area (Å²) >= 11 is 1.33. The topological polar surface area (TPSA) is 106 Å². The molecule has 0 amide bonds. The first kappa shape index (κ1) is 12.9. The van der Waals surface area contributed by atoms with Gasteiger partial charge in [-0.2, -0.15) is 5.26 Å². The molecule has 0 aliphatic heterocycles. The molecule has 0 radical (unpaired) electrons. The predicted octanol–water partition coefficient (Wildman–Crippen LogP) is 2.49. The second-order valence-electron chi connectivity index (χ2n) is 5.93. The first-order chi connectivity index (χ1) is 9.34. The van der Waals surface area contributed by atoms with Crippen LogP contribution in [0.15, 0.2) is 0 Å². The van der Waals surface area contributed by atoms with Crippen LogP contribution in [0, 0.1) is 16.7 Å². The Kier molecular flexibility index (Phi) is 2.53. The van der Waals surface area contributed by atoms with Crippen molar-refractivity contribution in [3.05, 3.63) is 16.0 Å². The van der Waals surface area contributed by atoms with Crippen molar-refractivity contribution in [3.63, 3.8) is 0 Å². The lowest BCUT2D eigenvalue weighted by Crippen LogP contribution is -2.25. The van der Waals surface area contributed by atoms with Gasteiger partial charge >= 0.3 is 0 Å². The number of anilines is 2. The Morgan fingerprint density at radius 1 is 1.35 bits per heavy atom. The van der Waals surface area contributed by atoms with Crippen molar-refractivity contribution < 1.29 is 4.79 Å². The van der Waals surface area contributed by atoms with Gasteiger partial charge in [0.2, 0.25) is 0 Å². The molecule has 1 aliphatic carbocycles. The Balaban J connectivity index is 2.40. The molecule has 2 aromatic rings. The molecule has 102 valence electrons. The number of hydrogen-bond acceptors (Lipinski definition) is 6. The largest absolute Gasteiger partial charge is 0.397 e. The molecule has 4 N–H and O–H groups in total. The zero-order valence-electron chi connectivity index (χ0n) is 11.3. The van der Waals surface area contributed by atoms with Crippen LogP contribution < -0.4 is 11.5 Å². The number of fused-ring (bicyclic) bond motifs is 3. The monoisotopic (exact) mass is 286 g/mol. The summed E-state index contributed by atoms with van der Waals surface area (Å²) in [6, 6.07) is 1.99. The van der Waals surface area contributed by atoms with Crippen molar-refractivity contribution in [2.45, 2.75) is 26.7 Å². The van der Waals surface area contributed by atoms with Crippen LogP contribution in [0.5, 0.6) is 0 Å². The average Bonchev–Trinajstić information content (AvgIpc) is 2.66. The molecule has 2 aromatic heterocycles. The fourth-order valence-corrected chi connectivity index (χ4v) is 3.96. The van der Waals surface area contributed by atoms with E-state index in [0.717, 1.165) is 17.4 Å². The lowest BCUT2D eigenvalue weighted by molar-refractivity contribution is 0.0918. The van der Waals surface area contributed by atoms with Crippen LogP contribution >= 0.6 is 11.3 Å². The third-order valence-corrected chi connectivity index (χ3v) is 4.83. The Bertz CT molecular complexity index is 798. The Morgan fingerprint density at radius 3 is 2.70 bits per heavy atom. The highest BCUT2D eigenvalue weighted by Crippen LogP contribution is 2.45. The Morgan fingerprint density at radius 2 is 2.05 bits per heavy atom. The number of nitriles is 1. The molecule has 6 heteroatoms. The van der Waals surface area contributed by atoms with Crippen LogP contribution in [0.3, 0.4) is 0 Å². The van der Waals surface area contributed by atoms with Crippen molar-refractivity contribution in [1.29, 1.82) is 5.26 Å². The first-order valence-corrected chi connectivity index (χ1v) is 7.09. The second-order valence-corrected chi connectivity index (χ2v) is 6.93. The summed E-state index contributed by atoms with van der Waals surface area (Å²) in [6.45, 7) is 4.12. The summed E-state index contributed by atoms with van der Waals surface area (Å²) in [5.74, 6) is 0.249. The van der Waals surface area contributed by atoms with E-state index in [-0.39, 0.29) is 22.6 Å². The average molecular weight is 286 g/mol. The highest BCUT2D eigenvalue weighted by atomic mass is 32.1. The van der Waals surface area contributed by atoms with Gasteiger partial charge in [-0.15, -0.1) is 11.3 Å². The predicted molar refractivity (Wildman–Crippen MR) is 79.6 cm³/mol. The second kappa shape index (κ2) is 3.93. The van der Waals surface area contributed by atoms with E-state index < -0.39 is 0 Å². The normalized spacial score (nSPS) is 16.9. The number of nitrogen functional groups attached to an aromatic ring is 2. The molecule has 2 heterocycles. The number of thiophene rings is 1. The molecule has 0 aromatic carbocycles. The number of aromatic nitrogens is 1. The molecule has 5 nitrogen and oxygen atoms in total. The lowest BCUT2D eigenvalue weighted by Gasteiger charge is -2.28. The minimum absolute atomic E-state index is 0.0985. The van der Waals surface area contributed by atoms with Gasteiger partial charge in [-0.25, -0.2) is 4.98 Å². The summed E-state index contributed by atoms with van der Waals surface area (Å²) in [5.41, 5.74) is 13.2. The lowest BCUT2D eigenvalue weighted by atomic mass is 9.75. The van der Waals surface area contributed by atoms with Crippen LogP contribution in [-0.2, 0) is 6.42 Å². The van der Waals surface area contributed by atoms with E-state index in [2.05, 4.69) is 18.8 Å². The molecule has 0 unspecified atom stereocenters. The van der Waals surface area contributed by atoms with Crippen molar-refractivity contribution in [2.75, 3.05) is 11.5 Å². The molecule has 1 aliphatic rings. The fraction of sp³-hybridized carbons (Fsp3) is 0.357. The molecule has 20 heavy (non-hydrogen) atoms. The third kappa shape index (κ3) is 1.67. The van der Waals surface area contributed by atoms with E-state index in [4.69, 9.17) is 16.7 Å². The van der Waals surface area contributed by atoms with Gasteiger partial charge in [0.05, 0.1) is 10.6 Å². The number of Topliss-reactive ketones (excluding diaryl/α,β-unsaturated/α-hetero) is 1. The first-order valence-electron chi connectivity index (χ1n) is 6.27. The molecule has 3 rings (SSSR count). The molecule has 0 spiro atoms. The number of rotatable bonds is 0. The van der Waals surface area contributed by atoms with Gasteiger partial charge in [-0.1, -0.05) is 13.8 Å². The molecular formula is C14H14N4OS. The Hall–Kier alpha value is -2.13. The van der Waals surface area contributed by atoms with Crippen molar-refractivity contribution in [1.82, 2.24) is 4.98 Å². The van der Waals surface area contributed by atoms with E-state index in [1.54, 1.807) is 0 Å². The van der Waals surface area contributed by atoms with Gasteiger partial charge in [0.25, 0.3) is 0 Å². The highest BCUT2D eigenvalue weighted by molar-refractivity contribution is 7.20. The zero-order valence-corrected chi connectivity index (χ0v) is 12.1. The summed E-state index contributed by atoms with van der Waals surface area (Å²) in [5, 5.41) is 9.87. The fourth-order valence-electron chi connectivity index (χ4n) is 2.80. The van der Waals surface area contributed by atoms with Gasteiger partial charge in [-0.3, -0.25) is 4.79 Å². The molecular weight excluding hydrogens is 272 g/mol. The van der Waals surface area contributed by atoms with E-state index in [1.807, 2.05) is 6.07 Å². The van der Waals surface area contributed by atoms with Crippen molar-refractivity contribution in [2.24, 2.45) is 5.41 Å². The van der Waals surface area contributed by atoms with Gasteiger partial charge in [-0.05, 0) is 17.4 Å². The molecule has 0 atom stereocenters. The molecule has 0 bridgehead atoms. The number of nitrogens with two attached hydrogens (primary N) is 2. The highest BCUT2D eigenvalue weighted by Gasteiger charge is 2.35. The third-order valence-electron chi connectivity index (χ3n) is 3.66. The summed E-state index contributed by atoms with van der Waals surface area (Å²) in [4.78, 5) is 17.9. The molecule has 0 saturated heterocycles. The van der Waals surface area contributed by atoms with Crippen LogP contribution in [0.25, 0.3) is 10.2 Å². The van der Waals surface area contributed by atoms with Crippen LogP contribution in [0.2, 0.25) is 0 Å². The van der Waals surface area contributed by atoms with Crippen LogP contribution in [0.1, 0.15) is 41.1 Å². The van der Waals surface area contributed by atoms with E-state index in [0.29, 0.717) is 21.8 Å². The minimum atomic E-state index is -0.0985. The van der Waals surface area contributed by atoms with Crippen LogP contribution in [0.4, 0.5) is 11.5 Å². The van der Waals surface area contributed by atoms with Gasteiger partial charge in [0.15, 0.2) is 5.78 Å². The number of carbonyl (C=O) groups is 1. The number of pyridine rings is 1. The minimum Gasteiger partial charge on any atom is -0.397 e. The maximum Gasteiger partial charge on any atom is 0.173 e.